The second kappa shape index (κ2) is 5.11. The Bertz CT molecular complexity index is 1010. The molecular weight excluding hydrogens is 316 g/mol. The Morgan fingerprint density at radius 1 is 1.05 bits per heavy atom. The van der Waals surface area contributed by atoms with Gasteiger partial charge in [-0.15, -0.1) is 11.3 Å². The average molecular weight is 326 g/mol. The van der Waals surface area contributed by atoms with Crippen molar-refractivity contribution in [3.8, 4) is 0 Å². The third kappa shape index (κ3) is 2.34. The number of rotatable bonds is 2. The summed E-state index contributed by atoms with van der Waals surface area (Å²) in [5, 5.41) is 3.91. The van der Waals surface area contributed by atoms with Crippen molar-refractivity contribution in [3.63, 3.8) is 0 Å². The van der Waals surface area contributed by atoms with E-state index in [1.54, 1.807) is 29.5 Å². The molecule has 0 aliphatic carbocycles. The van der Waals surface area contributed by atoms with Crippen LogP contribution in [0.15, 0.2) is 36.4 Å². The lowest BCUT2D eigenvalue weighted by Gasteiger charge is -2.05. The number of nitrogens with one attached hydrogen (secondary N) is 1. The predicted octanol–water partition coefficient (Wildman–Crippen LogP) is 3.86. The van der Waals surface area contributed by atoms with E-state index in [2.05, 4.69) is 19.0 Å². The van der Waals surface area contributed by atoms with E-state index >= 15 is 0 Å². The lowest BCUT2D eigenvalue weighted by molar-refractivity contribution is 0.102. The summed E-state index contributed by atoms with van der Waals surface area (Å²) in [6.07, 6.45) is 0. The smallest absolute Gasteiger partial charge is 0.255 e. The summed E-state index contributed by atoms with van der Waals surface area (Å²) in [5.74, 6) is -0.166. The fourth-order valence-electron chi connectivity index (χ4n) is 2.25. The number of amides is 1. The van der Waals surface area contributed by atoms with Crippen molar-refractivity contribution >= 4 is 55.9 Å². The van der Waals surface area contributed by atoms with Crippen LogP contribution in [-0.4, -0.2) is 19.6 Å². The van der Waals surface area contributed by atoms with E-state index in [4.69, 9.17) is 0 Å². The molecule has 0 aliphatic rings. The van der Waals surface area contributed by atoms with Crippen molar-refractivity contribution in [1.29, 1.82) is 0 Å². The van der Waals surface area contributed by atoms with Gasteiger partial charge in [-0.1, -0.05) is 0 Å². The maximum atomic E-state index is 12.3. The number of aromatic nitrogens is 3. The number of nitrogens with zero attached hydrogens (tertiary/aromatic N) is 3. The average Bonchev–Trinajstić information content (AvgIpc) is 3.10. The van der Waals surface area contributed by atoms with Gasteiger partial charge in [0, 0.05) is 11.3 Å². The molecule has 2 aromatic carbocycles. The summed E-state index contributed by atoms with van der Waals surface area (Å²) in [5.41, 5.74) is 3.75. The molecule has 108 valence electrons. The SMILES string of the molecule is Cc1nc2cc(NC(=O)c3ccc4nsnc4c3)ccc2s1. The lowest BCUT2D eigenvalue weighted by atomic mass is 10.2. The first-order valence-electron chi connectivity index (χ1n) is 6.60. The zero-order chi connectivity index (χ0) is 15.1. The van der Waals surface area contributed by atoms with Crippen molar-refractivity contribution in [1.82, 2.24) is 13.7 Å². The summed E-state index contributed by atoms with van der Waals surface area (Å²) in [7, 11) is 0. The summed E-state index contributed by atoms with van der Waals surface area (Å²) < 4.78 is 9.40. The van der Waals surface area contributed by atoms with Crippen LogP contribution in [-0.2, 0) is 0 Å². The fourth-order valence-corrected chi connectivity index (χ4v) is 3.57. The number of carbonyl (C=O) groups is 1. The maximum absolute atomic E-state index is 12.3. The molecule has 2 heterocycles. The number of carbonyl (C=O) groups excluding carboxylic acids is 1. The molecule has 22 heavy (non-hydrogen) atoms. The van der Waals surface area contributed by atoms with Gasteiger partial charge in [-0.25, -0.2) is 4.98 Å². The highest BCUT2D eigenvalue weighted by atomic mass is 32.1. The topological polar surface area (TPSA) is 67.8 Å². The quantitative estimate of drug-likeness (QED) is 0.607. The molecule has 0 atom stereocenters. The van der Waals surface area contributed by atoms with Crippen molar-refractivity contribution < 1.29 is 4.79 Å². The van der Waals surface area contributed by atoms with Gasteiger partial charge >= 0.3 is 0 Å². The minimum Gasteiger partial charge on any atom is -0.322 e. The highest BCUT2D eigenvalue weighted by molar-refractivity contribution is 7.18. The van der Waals surface area contributed by atoms with E-state index in [0.29, 0.717) is 5.56 Å². The van der Waals surface area contributed by atoms with Crippen LogP contribution >= 0.6 is 23.1 Å². The molecular formula is C15H10N4OS2. The number of anilines is 1. The van der Waals surface area contributed by atoms with E-state index in [0.717, 1.165) is 43.7 Å². The first-order valence-corrected chi connectivity index (χ1v) is 8.14. The Kier molecular flexibility index (Phi) is 3.09. The number of benzene rings is 2. The van der Waals surface area contributed by atoms with Gasteiger partial charge in [0.05, 0.1) is 27.0 Å². The van der Waals surface area contributed by atoms with Crippen LogP contribution < -0.4 is 5.32 Å². The Hall–Kier alpha value is -2.38. The molecule has 0 saturated heterocycles. The van der Waals surface area contributed by atoms with Gasteiger partial charge in [-0.05, 0) is 43.3 Å². The Morgan fingerprint density at radius 3 is 2.82 bits per heavy atom. The summed E-state index contributed by atoms with van der Waals surface area (Å²) in [6.45, 7) is 1.97. The zero-order valence-electron chi connectivity index (χ0n) is 11.5. The third-order valence-electron chi connectivity index (χ3n) is 3.27. The van der Waals surface area contributed by atoms with Gasteiger partial charge in [-0.2, -0.15) is 8.75 Å². The zero-order valence-corrected chi connectivity index (χ0v) is 13.2. The summed E-state index contributed by atoms with van der Waals surface area (Å²) >= 11 is 2.78. The number of fused-ring (bicyclic) bond motifs is 2. The van der Waals surface area contributed by atoms with Crippen LogP contribution in [0.5, 0.6) is 0 Å². The van der Waals surface area contributed by atoms with Gasteiger partial charge in [-0.3, -0.25) is 4.79 Å². The fraction of sp³-hybridized carbons (Fsp3) is 0.0667. The van der Waals surface area contributed by atoms with Crippen molar-refractivity contribution in [2.24, 2.45) is 0 Å². The van der Waals surface area contributed by atoms with Crippen LogP contribution in [0, 0.1) is 6.92 Å². The van der Waals surface area contributed by atoms with Gasteiger partial charge in [0.25, 0.3) is 5.91 Å². The molecule has 1 amide bonds. The van der Waals surface area contributed by atoms with Gasteiger partial charge in [0.2, 0.25) is 0 Å². The van der Waals surface area contributed by atoms with Crippen LogP contribution in [0.3, 0.4) is 0 Å². The molecule has 0 saturated carbocycles. The van der Waals surface area contributed by atoms with E-state index in [-0.39, 0.29) is 5.91 Å². The van der Waals surface area contributed by atoms with E-state index in [9.17, 15) is 4.79 Å². The number of thiazole rings is 1. The molecule has 1 N–H and O–H groups in total. The molecule has 4 aromatic rings. The number of aryl methyl sites for hydroxylation is 1. The van der Waals surface area contributed by atoms with E-state index < -0.39 is 0 Å². The molecule has 0 aliphatic heterocycles. The standard InChI is InChI=1S/C15H10N4OS2/c1-8-16-13-7-10(3-5-14(13)21-8)17-15(20)9-2-4-11-12(6-9)19-22-18-11/h2-7H,1H3,(H,17,20). The molecule has 4 rings (SSSR count). The second-order valence-corrected chi connectivity index (χ2v) is 6.60. The number of hydrogen-bond acceptors (Lipinski definition) is 6. The first-order chi connectivity index (χ1) is 10.7. The van der Waals surface area contributed by atoms with Crippen LogP contribution in [0.25, 0.3) is 21.3 Å². The highest BCUT2D eigenvalue weighted by Gasteiger charge is 2.09. The number of hydrogen-bond donors (Lipinski definition) is 1. The lowest BCUT2D eigenvalue weighted by Crippen LogP contribution is -2.11. The summed E-state index contributed by atoms with van der Waals surface area (Å²) in [4.78, 5) is 16.8. The minimum absolute atomic E-state index is 0.166. The van der Waals surface area contributed by atoms with Crippen LogP contribution in [0.1, 0.15) is 15.4 Å². The van der Waals surface area contributed by atoms with Crippen molar-refractivity contribution in [3.05, 3.63) is 47.0 Å². The minimum atomic E-state index is -0.166. The first kappa shape index (κ1) is 13.3. The maximum Gasteiger partial charge on any atom is 0.255 e. The normalized spacial score (nSPS) is 11.1. The third-order valence-corrected chi connectivity index (χ3v) is 4.78. The Labute approximate surface area is 134 Å². The molecule has 2 aromatic heterocycles. The Morgan fingerprint density at radius 2 is 1.91 bits per heavy atom. The molecule has 0 fully saturated rings. The van der Waals surface area contributed by atoms with Crippen molar-refractivity contribution in [2.45, 2.75) is 6.92 Å². The molecule has 5 nitrogen and oxygen atoms in total. The second-order valence-electron chi connectivity index (χ2n) is 4.84. The van der Waals surface area contributed by atoms with Gasteiger partial charge < -0.3 is 5.32 Å². The summed E-state index contributed by atoms with van der Waals surface area (Å²) in [6, 6.07) is 11.1. The monoisotopic (exact) mass is 326 g/mol. The molecule has 0 unspecified atom stereocenters. The van der Waals surface area contributed by atoms with E-state index in [1.807, 2.05) is 25.1 Å². The molecule has 0 spiro atoms. The highest BCUT2D eigenvalue weighted by Crippen LogP contribution is 2.25. The Balaban J connectivity index is 1.64. The van der Waals surface area contributed by atoms with Crippen LogP contribution in [0.2, 0.25) is 0 Å². The van der Waals surface area contributed by atoms with Gasteiger partial charge in [0.1, 0.15) is 11.0 Å². The van der Waals surface area contributed by atoms with E-state index in [1.165, 1.54) is 0 Å². The predicted molar refractivity (Wildman–Crippen MR) is 89.7 cm³/mol. The van der Waals surface area contributed by atoms with Crippen LogP contribution in [0.4, 0.5) is 5.69 Å². The van der Waals surface area contributed by atoms with Gasteiger partial charge in [0.15, 0.2) is 0 Å². The molecule has 0 radical (unpaired) electrons. The molecule has 0 bridgehead atoms. The molecule has 7 heteroatoms. The van der Waals surface area contributed by atoms with Crippen molar-refractivity contribution in [2.75, 3.05) is 5.32 Å². The largest absolute Gasteiger partial charge is 0.322 e.